The molecule has 0 aliphatic carbocycles. The number of rotatable bonds is 7. The molecule has 1 unspecified atom stereocenters. The number of halogens is 1. The van der Waals surface area contributed by atoms with Crippen molar-refractivity contribution in [1.29, 1.82) is 0 Å². The molecule has 1 aromatic carbocycles. The summed E-state index contributed by atoms with van der Waals surface area (Å²) in [5, 5.41) is 7.75. The minimum Gasteiger partial charge on any atom is -0.412 e. The largest absolute Gasteiger partial charge is 0.412 e. The van der Waals surface area contributed by atoms with Gasteiger partial charge in [-0.05, 0) is 42.8 Å². The van der Waals surface area contributed by atoms with Gasteiger partial charge in [0.05, 0.1) is 9.71 Å². The van der Waals surface area contributed by atoms with E-state index in [1.165, 1.54) is 0 Å². The Balaban J connectivity index is 0.00000450. The monoisotopic (exact) mass is 456 g/mol. The average molecular weight is 457 g/mol. The molecule has 1 aromatic heterocycles. The molecule has 11 N–H and O–H groups in total. The Morgan fingerprint density at radius 1 is 1.17 bits per heavy atom. The number of anilines is 2. The van der Waals surface area contributed by atoms with E-state index < -0.39 is 15.6 Å². The van der Waals surface area contributed by atoms with E-state index in [2.05, 4.69) is 26.1 Å². The molecule has 2 rings (SSSR count). The fraction of sp³-hybridized carbons (Fsp3) is 0.235. The third-order valence-electron chi connectivity index (χ3n) is 3.84. The molecule has 11 nitrogen and oxygen atoms in total. The van der Waals surface area contributed by atoms with Crippen LogP contribution in [0.15, 0.2) is 34.2 Å². The van der Waals surface area contributed by atoms with Crippen LogP contribution in [0.4, 0.5) is 11.6 Å². The van der Waals surface area contributed by atoms with Gasteiger partial charge in [0.25, 0.3) is 5.91 Å². The number of benzene rings is 1. The molecular weight excluding hydrogens is 432 g/mol. The lowest BCUT2D eigenvalue weighted by atomic mass is 10.1. The van der Waals surface area contributed by atoms with Gasteiger partial charge in [-0.15, -0.1) is 0 Å². The van der Waals surface area contributed by atoms with E-state index >= 15 is 0 Å². The maximum atomic E-state index is 12.1. The number of aromatic nitrogens is 2. The Labute approximate surface area is 179 Å². The number of nitrogens with zero attached hydrogens (tertiary/aromatic N) is 3. The lowest BCUT2D eigenvalue weighted by Crippen LogP contribution is -2.38. The third-order valence-corrected chi connectivity index (χ3v) is 5.19. The van der Waals surface area contributed by atoms with Crippen LogP contribution >= 0.6 is 11.6 Å². The highest BCUT2D eigenvalue weighted by molar-refractivity contribution is 7.98. The van der Waals surface area contributed by atoms with E-state index in [-0.39, 0.29) is 33.9 Å². The molecule has 0 fully saturated rings. The molecule has 1 amide bonds. The Kier molecular flexibility index (Phi) is 8.98. The van der Waals surface area contributed by atoms with E-state index in [9.17, 15) is 9.00 Å². The van der Waals surface area contributed by atoms with Gasteiger partial charge < -0.3 is 22.7 Å². The number of nitrogens with one attached hydrogen (secondary N) is 1. The lowest BCUT2D eigenvalue weighted by molar-refractivity contribution is 0.0972. The van der Waals surface area contributed by atoms with E-state index in [0.29, 0.717) is 11.4 Å². The molecule has 0 aliphatic heterocycles. The number of aryl methyl sites for hydroxylation is 1. The molecule has 164 valence electrons. The zero-order chi connectivity index (χ0) is 21.6. The number of aliphatic imine (C=N–C) groups is 1. The maximum Gasteiger partial charge on any atom is 0.280 e. The number of nitrogen functional groups attached to an aromatic ring is 2. The fourth-order valence-electron chi connectivity index (χ4n) is 2.35. The van der Waals surface area contributed by atoms with Crippen LogP contribution in [0.3, 0.4) is 0 Å². The number of carbonyl (C=O) groups is 1. The van der Waals surface area contributed by atoms with Crippen LogP contribution < -0.4 is 27.7 Å². The van der Waals surface area contributed by atoms with Crippen molar-refractivity contribution in [3.63, 3.8) is 0 Å². The minimum absolute atomic E-state index is 0. The van der Waals surface area contributed by atoms with Crippen molar-refractivity contribution >= 4 is 50.7 Å². The predicted octanol–water partition coefficient (Wildman–Crippen LogP) is -0.514. The summed E-state index contributed by atoms with van der Waals surface area (Å²) in [6, 6.07) is 7.17. The number of carbonyl (C=O) groups excluding carboxylic acids is 1. The van der Waals surface area contributed by atoms with Crippen LogP contribution in [0, 0.1) is 0 Å². The molecule has 0 aliphatic rings. The summed E-state index contributed by atoms with van der Waals surface area (Å²) in [5.74, 6) is 2.47. The Morgan fingerprint density at radius 2 is 1.80 bits per heavy atom. The lowest BCUT2D eigenvalue weighted by Gasteiger charge is -2.07. The minimum atomic E-state index is -2.69. The van der Waals surface area contributed by atoms with Crippen molar-refractivity contribution in [2.45, 2.75) is 24.2 Å². The van der Waals surface area contributed by atoms with Gasteiger partial charge in [-0.1, -0.05) is 23.7 Å². The van der Waals surface area contributed by atoms with Crippen molar-refractivity contribution in [1.82, 2.24) is 15.3 Å². The highest BCUT2D eigenvalue weighted by Crippen LogP contribution is 2.17. The molecule has 1 atom stereocenters. The predicted molar refractivity (Wildman–Crippen MR) is 121 cm³/mol. The summed E-state index contributed by atoms with van der Waals surface area (Å²) in [5.41, 5.74) is 17.7. The molecular formula is C17H25ClN8O3S. The summed E-state index contributed by atoms with van der Waals surface area (Å²) in [7, 11) is -2.69. The molecule has 1 heterocycles. The van der Waals surface area contributed by atoms with Crippen molar-refractivity contribution in [2.75, 3.05) is 18.0 Å². The van der Waals surface area contributed by atoms with Crippen molar-refractivity contribution in [2.24, 2.45) is 15.9 Å². The number of unbranched alkanes of at least 4 members (excludes halogenated alkanes) is 1. The number of amides is 1. The van der Waals surface area contributed by atoms with Crippen LogP contribution in [0.2, 0.25) is 5.15 Å². The van der Waals surface area contributed by atoms with Crippen LogP contribution in [-0.2, 0) is 16.1 Å². The van der Waals surface area contributed by atoms with Gasteiger partial charge in [-0.3, -0.25) is 20.2 Å². The second kappa shape index (κ2) is 10.7. The van der Waals surface area contributed by atoms with Crippen molar-refractivity contribution in [3.05, 3.63) is 40.7 Å². The molecule has 0 radical (unpaired) electrons. The van der Waals surface area contributed by atoms with E-state index in [1.807, 2.05) is 12.1 Å². The summed E-state index contributed by atoms with van der Waals surface area (Å²) in [4.78, 5) is 24.2. The third kappa shape index (κ3) is 7.15. The van der Waals surface area contributed by atoms with Gasteiger partial charge in [0.2, 0.25) is 0 Å². The van der Waals surface area contributed by atoms with E-state index in [1.54, 1.807) is 12.1 Å². The summed E-state index contributed by atoms with van der Waals surface area (Å²) < 4.78 is 11.7. The number of hydrogen-bond acceptors (Lipinski definition) is 7. The zero-order valence-corrected chi connectivity index (χ0v) is 17.7. The topological polar surface area (TPSA) is 220 Å². The molecule has 30 heavy (non-hydrogen) atoms. The van der Waals surface area contributed by atoms with Gasteiger partial charge in [0, 0.05) is 11.4 Å². The molecule has 2 aromatic rings. The summed E-state index contributed by atoms with van der Waals surface area (Å²) >= 11 is 5.75. The highest BCUT2D eigenvalue weighted by Gasteiger charge is 2.16. The van der Waals surface area contributed by atoms with Crippen LogP contribution in [0.5, 0.6) is 0 Å². The van der Waals surface area contributed by atoms with Crippen molar-refractivity contribution in [3.8, 4) is 0 Å². The first kappa shape index (κ1) is 25.1. The standard InChI is InChI=1S/C17H23ClN8O2S.H2O/c1-29(22,28)11-7-5-10(6-8-11)4-2-3-9-23-17(21)26-16(27)12-14(19)25-15(20)13(18)24-12;/h5-8H,1-4,9H2,(H2,22,28)(H4,19,20,25)(H3,21,23,26,27);1H2. The first-order valence-electron chi connectivity index (χ1n) is 8.51. The van der Waals surface area contributed by atoms with Gasteiger partial charge in [0.1, 0.15) is 0 Å². The maximum absolute atomic E-state index is 12.1. The van der Waals surface area contributed by atoms with E-state index in [4.69, 9.17) is 33.9 Å². The Morgan fingerprint density at radius 3 is 2.40 bits per heavy atom. The number of nitrogens with two attached hydrogens (primary N) is 4. The molecule has 13 heteroatoms. The summed E-state index contributed by atoms with van der Waals surface area (Å²) in [6.45, 7) is 0.420. The normalized spacial score (nSPS) is 13.2. The fourth-order valence-corrected chi connectivity index (χ4v) is 3.07. The second-order valence-electron chi connectivity index (χ2n) is 6.18. The zero-order valence-electron chi connectivity index (χ0n) is 16.1. The van der Waals surface area contributed by atoms with Crippen LogP contribution in [0.1, 0.15) is 28.9 Å². The Bertz CT molecular complexity index is 1030. The van der Waals surface area contributed by atoms with Gasteiger partial charge in [0.15, 0.2) is 28.4 Å². The Hall–Kier alpha value is -2.93. The second-order valence-corrected chi connectivity index (χ2v) is 8.46. The van der Waals surface area contributed by atoms with E-state index in [0.717, 1.165) is 24.8 Å². The number of guanidine groups is 1. The molecule has 0 saturated heterocycles. The van der Waals surface area contributed by atoms with Gasteiger partial charge >= 0.3 is 0 Å². The van der Waals surface area contributed by atoms with Gasteiger partial charge in [-0.2, -0.15) is 0 Å². The van der Waals surface area contributed by atoms with Crippen molar-refractivity contribution < 1.29 is 14.5 Å². The van der Waals surface area contributed by atoms with Crippen LogP contribution in [-0.4, -0.2) is 43.9 Å². The molecule has 0 bridgehead atoms. The molecule has 0 spiro atoms. The average Bonchev–Trinajstić information content (AvgIpc) is 2.64. The molecule has 0 saturated carbocycles. The first-order chi connectivity index (χ1) is 13.6. The van der Waals surface area contributed by atoms with Crippen LogP contribution in [0.25, 0.3) is 0 Å². The SMILES string of the molecule is C=S(N)(=O)c1ccc(CCCCN=C(N)NC(=O)c2nc(Cl)c(N)nc2N)cc1.O. The smallest absolute Gasteiger partial charge is 0.280 e. The first-order valence-corrected chi connectivity index (χ1v) is 10.7. The number of hydrogen-bond donors (Lipinski definition) is 5. The quantitative estimate of drug-likeness (QED) is 0.158. The summed E-state index contributed by atoms with van der Waals surface area (Å²) in [6.07, 6.45) is 2.40. The van der Waals surface area contributed by atoms with Gasteiger partial charge in [-0.25, -0.2) is 14.2 Å². The highest BCUT2D eigenvalue weighted by atomic mass is 35.5.